The summed E-state index contributed by atoms with van der Waals surface area (Å²) < 4.78 is 1.59. The molecule has 0 atom stereocenters. The Kier molecular flexibility index (Phi) is 4.79. The zero-order valence-corrected chi connectivity index (χ0v) is 12.4. The number of anilines is 1. The first kappa shape index (κ1) is 14.6. The van der Waals surface area contributed by atoms with Crippen LogP contribution in [0.25, 0.3) is 0 Å². The molecule has 106 valence electrons. The molecule has 0 spiro atoms. The molecule has 0 aliphatic rings. The van der Waals surface area contributed by atoms with E-state index < -0.39 is 0 Å². The number of carbonyl (C=O) groups excluding carboxylic acids is 1. The lowest BCUT2D eigenvalue weighted by atomic mass is 10.1. The Morgan fingerprint density at radius 3 is 2.85 bits per heavy atom. The third kappa shape index (κ3) is 3.61. The molecule has 2 aromatic rings. The Hall–Kier alpha value is -1.81. The van der Waals surface area contributed by atoms with E-state index in [9.17, 15) is 4.79 Å². The molecule has 0 saturated heterocycles. The molecule has 0 unspecified atom stereocenters. The quantitative estimate of drug-likeness (QED) is 0.860. The third-order valence-corrected chi connectivity index (χ3v) is 3.29. The number of aryl methyl sites for hydroxylation is 3. The Labute approximate surface area is 123 Å². The van der Waals surface area contributed by atoms with Crippen LogP contribution in [0.4, 0.5) is 5.69 Å². The molecule has 1 aromatic carbocycles. The van der Waals surface area contributed by atoms with Gasteiger partial charge in [0.2, 0.25) is 0 Å². The third-order valence-electron chi connectivity index (χ3n) is 3.02. The summed E-state index contributed by atoms with van der Waals surface area (Å²) in [4.78, 5) is 12.2. The molecule has 0 saturated carbocycles. The van der Waals surface area contributed by atoms with E-state index in [4.69, 9.17) is 11.6 Å². The van der Waals surface area contributed by atoms with E-state index in [0.717, 1.165) is 24.2 Å². The molecule has 0 aliphatic heterocycles. The molecule has 1 heterocycles. The van der Waals surface area contributed by atoms with Gasteiger partial charge in [0.1, 0.15) is 5.69 Å². The Morgan fingerprint density at radius 1 is 1.40 bits per heavy atom. The van der Waals surface area contributed by atoms with Crippen molar-refractivity contribution in [3.8, 4) is 0 Å². The minimum absolute atomic E-state index is 0.150. The molecule has 20 heavy (non-hydrogen) atoms. The molecule has 0 fully saturated rings. The molecular weight excluding hydrogens is 274 g/mol. The van der Waals surface area contributed by atoms with Gasteiger partial charge in [-0.2, -0.15) is 5.10 Å². The van der Waals surface area contributed by atoms with Crippen molar-refractivity contribution < 1.29 is 4.79 Å². The van der Waals surface area contributed by atoms with Crippen LogP contribution in [0, 0.1) is 6.92 Å². The molecular formula is C15H18ClN3O. The van der Waals surface area contributed by atoms with E-state index in [1.807, 2.05) is 31.2 Å². The maximum Gasteiger partial charge on any atom is 0.273 e. The SMILES string of the molecule is Cc1cc(C(=O)Nc2cccc(CCCCl)c2)n(C)n1. The summed E-state index contributed by atoms with van der Waals surface area (Å²) >= 11 is 5.70. The minimum Gasteiger partial charge on any atom is -0.321 e. The standard InChI is InChI=1S/C15H18ClN3O/c1-11-9-14(19(2)18-11)15(20)17-13-7-3-5-12(10-13)6-4-8-16/h3,5,7,9-10H,4,6,8H2,1-2H3,(H,17,20). The first-order valence-corrected chi connectivity index (χ1v) is 7.10. The summed E-state index contributed by atoms with van der Waals surface area (Å²) in [5.74, 6) is 0.493. The van der Waals surface area contributed by atoms with Gasteiger partial charge in [0, 0.05) is 18.6 Å². The van der Waals surface area contributed by atoms with E-state index in [-0.39, 0.29) is 5.91 Å². The second-order valence-electron chi connectivity index (χ2n) is 4.74. The first-order valence-electron chi connectivity index (χ1n) is 6.57. The maximum atomic E-state index is 12.2. The number of hydrogen-bond donors (Lipinski definition) is 1. The second-order valence-corrected chi connectivity index (χ2v) is 5.12. The summed E-state index contributed by atoms with van der Waals surface area (Å²) in [6, 6.07) is 9.61. The number of alkyl halides is 1. The normalized spacial score (nSPS) is 10.6. The van der Waals surface area contributed by atoms with Crippen molar-refractivity contribution in [3.05, 3.63) is 47.3 Å². The monoisotopic (exact) mass is 291 g/mol. The van der Waals surface area contributed by atoms with Crippen LogP contribution in [0.5, 0.6) is 0 Å². The lowest BCUT2D eigenvalue weighted by Gasteiger charge is -2.07. The molecule has 1 N–H and O–H groups in total. The smallest absolute Gasteiger partial charge is 0.273 e. The minimum atomic E-state index is -0.150. The number of nitrogens with zero attached hydrogens (tertiary/aromatic N) is 2. The van der Waals surface area contributed by atoms with Crippen LogP contribution in [-0.4, -0.2) is 21.6 Å². The van der Waals surface area contributed by atoms with Crippen molar-refractivity contribution in [2.24, 2.45) is 7.05 Å². The van der Waals surface area contributed by atoms with Crippen LogP contribution in [0.15, 0.2) is 30.3 Å². The zero-order chi connectivity index (χ0) is 14.5. The lowest BCUT2D eigenvalue weighted by Crippen LogP contribution is -2.16. The fourth-order valence-electron chi connectivity index (χ4n) is 2.09. The molecule has 1 aromatic heterocycles. The van der Waals surface area contributed by atoms with Crippen molar-refractivity contribution in [2.45, 2.75) is 19.8 Å². The summed E-state index contributed by atoms with van der Waals surface area (Å²) in [7, 11) is 1.76. The number of amides is 1. The van der Waals surface area contributed by atoms with E-state index in [0.29, 0.717) is 11.6 Å². The van der Waals surface area contributed by atoms with Gasteiger partial charge in [-0.3, -0.25) is 9.48 Å². The topological polar surface area (TPSA) is 46.9 Å². The van der Waals surface area contributed by atoms with Gasteiger partial charge < -0.3 is 5.32 Å². The van der Waals surface area contributed by atoms with Gasteiger partial charge in [-0.25, -0.2) is 0 Å². The number of nitrogens with one attached hydrogen (secondary N) is 1. The van der Waals surface area contributed by atoms with Gasteiger partial charge in [0.25, 0.3) is 5.91 Å². The largest absolute Gasteiger partial charge is 0.321 e. The van der Waals surface area contributed by atoms with Gasteiger partial charge >= 0.3 is 0 Å². The number of benzene rings is 1. The van der Waals surface area contributed by atoms with E-state index in [2.05, 4.69) is 10.4 Å². The van der Waals surface area contributed by atoms with Gasteiger partial charge in [0.15, 0.2) is 0 Å². The molecule has 0 aliphatic carbocycles. The van der Waals surface area contributed by atoms with E-state index in [1.54, 1.807) is 17.8 Å². The van der Waals surface area contributed by atoms with Crippen molar-refractivity contribution in [3.63, 3.8) is 0 Å². The highest BCUT2D eigenvalue weighted by atomic mass is 35.5. The van der Waals surface area contributed by atoms with Crippen molar-refractivity contribution >= 4 is 23.2 Å². The summed E-state index contributed by atoms with van der Waals surface area (Å²) in [5.41, 5.74) is 3.34. The molecule has 4 nitrogen and oxygen atoms in total. The Morgan fingerprint density at radius 2 is 2.20 bits per heavy atom. The van der Waals surface area contributed by atoms with Crippen LogP contribution in [0.1, 0.15) is 28.2 Å². The summed E-state index contributed by atoms with van der Waals surface area (Å²) in [6.45, 7) is 1.86. The fourth-order valence-corrected chi connectivity index (χ4v) is 2.23. The van der Waals surface area contributed by atoms with Crippen molar-refractivity contribution in [2.75, 3.05) is 11.2 Å². The molecule has 5 heteroatoms. The van der Waals surface area contributed by atoms with Crippen LogP contribution in [0.2, 0.25) is 0 Å². The van der Waals surface area contributed by atoms with Gasteiger partial charge in [-0.15, -0.1) is 11.6 Å². The highest BCUT2D eigenvalue weighted by molar-refractivity contribution is 6.17. The highest BCUT2D eigenvalue weighted by Gasteiger charge is 2.11. The average molecular weight is 292 g/mol. The summed E-state index contributed by atoms with van der Waals surface area (Å²) in [6.07, 6.45) is 1.85. The predicted molar refractivity (Wildman–Crippen MR) is 81.4 cm³/mol. The maximum absolute atomic E-state index is 12.2. The first-order chi connectivity index (χ1) is 9.60. The predicted octanol–water partition coefficient (Wildman–Crippen LogP) is 3.15. The lowest BCUT2D eigenvalue weighted by molar-refractivity contribution is 0.101. The van der Waals surface area contributed by atoms with Crippen molar-refractivity contribution in [1.29, 1.82) is 0 Å². The van der Waals surface area contributed by atoms with Gasteiger partial charge in [0.05, 0.1) is 5.69 Å². The number of rotatable bonds is 5. The number of hydrogen-bond acceptors (Lipinski definition) is 2. The fraction of sp³-hybridized carbons (Fsp3) is 0.333. The number of carbonyl (C=O) groups is 1. The van der Waals surface area contributed by atoms with Gasteiger partial charge in [-0.1, -0.05) is 12.1 Å². The van der Waals surface area contributed by atoms with Crippen molar-refractivity contribution in [1.82, 2.24) is 9.78 Å². The van der Waals surface area contributed by atoms with Crippen LogP contribution >= 0.6 is 11.6 Å². The highest BCUT2D eigenvalue weighted by Crippen LogP contribution is 2.14. The van der Waals surface area contributed by atoms with E-state index >= 15 is 0 Å². The number of halogens is 1. The van der Waals surface area contributed by atoms with Crippen LogP contribution < -0.4 is 5.32 Å². The van der Waals surface area contributed by atoms with Crippen LogP contribution in [-0.2, 0) is 13.5 Å². The van der Waals surface area contributed by atoms with Gasteiger partial charge in [-0.05, 0) is 43.5 Å². The Balaban J connectivity index is 2.09. The second kappa shape index (κ2) is 6.57. The molecule has 0 radical (unpaired) electrons. The summed E-state index contributed by atoms with van der Waals surface area (Å²) in [5, 5.41) is 7.07. The molecule has 0 bridgehead atoms. The van der Waals surface area contributed by atoms with Crippen LogP contribution in [0.3, 0.4) is 0 Å². The molecule has 1 amide bonds. The zero-order valence-electron chi connectivity index (χ0n) is 11.7. The average Bonchev–Trinajstić information content (AvgIpc) is 2.76. The number of aromatic nitrogens is 2. The Bertz CT molecular complexity index is 607. The molecule has 2 rings (SSSR count). The van der Waals surface area contributed by atoms with E-state index in [1.165, 1.54) is 5.56 Å².